The molecule has 1 amide bonds. The number of rotatable bonds is 3. The number of aromatic nitrogens is 4. The minimum atomic E-state index is -0.108. The molecule has 0 bridgehead atoms. The number of pyridine rings is 2. The summed E-state index contributed by atoms with van der Waals surface area (Å²) in [7, 11) is 0. The molecule has 4 aromatic rings. The van der Waals surface area contributed by atoms with Crippen molar-refractivity contribution in [3.8, 4) is 0 Å². The Hall–Kier alpha value is -3.74. The Bertz CT molecular complexity index is 1260. The summed E-state index contributed by atoms with van der Waals surface area (Å²) in [6.45, 7) is 1.48. The molecule has 7 nitrogen and oxygen atoms in total. The lowest BCUT2D eigenvalue weighted by Crippen LogP contribution is -2.37. The Morgan fingerprint density at radius 3 is 2.72 bits per heavy atom. The monoisotopic (exact) mass is 385 g/mol. The summed E-state index contributed by atoms with van der Waals surface area (Å²) in [5, 5.41) is 1.23. The number of nitrogens with zero attached hydrogens (tertiary/aromatic N) is 4. The van der Waals surface area contributed by atoms with E-state index in [1.807, 2.05) is 35.2 Å². The lowest BCUT2D eigenvalue weighted by atomic mass is 10.0. The number of hydrogen-bond acceptors (Lipinski definition) is 4. The van der Waals surface area contributed by atoms with Gasteiger partial charge in [0.15, 0.2) is 0 Å². The quantitative estimate of drug-likeness (QED) is 0.587. The lowest BCUT2D eigenvalue weighted by Gasteiger charge is -2.27. The van der Waals surface area contributed by atoms with Crippen LogP contribution in [0.2, 0.25) is 0 Å². The van der Waals surface area contributed by atoms with E-state index in [-0.39, 0.29) is 11.5 Å². The van der Waals surface area contributed by atoms with Crippen LogP contribution in [0, 0.1) is 0 Å². The number of aromatic amines is 1. The molecule has 0 aliphatic carbocycles. The number of hydrogen-bond donors (Lipinski definition) is 1. The highest BCUT2D eigenvalue weighted by atomic mass is 16.2. The maximum Gasteiger partial charge on any atom is 0.258 e. The van der Waals surface area contributed by atoms with Crippen LogP contribution < -0.4 is 5.56 Å². The van der Waals surface area contributed by atoms with E-state index in [1.165, 1.54) is 0 Å². The summed E-state index contributed by atoms with van der Waals surface area (Å²) in [5.74, 6) is -0.0788. The lowest BCUT2D eigenvalue weighted by molar-refractivity contribution is 0.0733. The van der Waals surface area contributed by atoms with E-state index in [9.17, 15) is 9.59 Å². The third kappa shape index (κ3) is 3.10. The van der Waals surface area contributed by atoms with E-state index < -0.39 is 0 Å². The van der Waals surface area contributed by atoms with Crippen LogP contribution in [0.4, 0.5) is 0 Å². The van der Waals surface area contributed by atoms with E-state index >= 15 is 0 Å². The molecule has 1 N–H and O–H groups in total. The van der Waals surface area contributed by atoms with Gasteiger partial charge < -0.3 is 14.5 Å². The first-order valence-corrected chi connectivity index (χ1v) is 9.52. The molecule has 0 spiro atoms. The highest BCUT2D eigenvalue weighted by molar-refractivity contribution is 6.06. The van der Waals surface area contributed by atoms with Crippen LogP contribution in [0.1, 0.15) is 27.3 Å². The second-order valence-electron chi connectivity index (χ2n) is 7.18. The zero-order valence-corrected chi connectivity index (χ0v) is 15.7. The molecular weight excluding hydrogens is 366 g/mol. The van der Waals surface area contributed by atoms with Crippen LogP contribution in [0.5, 0.6) is 0 Å². The topological polar surface area (TPSA) is 83.9 Å². The van der Waals surface area contributed by atoms with Crippen molar-refractivity contribution in [2.75, 3.05) is 6.54 Å². The van der Waals surface area contributed by atoms with Gasteiger partial charge in [-0.3, -0.25) is 14.6 Å². The summed E-state index contributed by atoms with van der Waals surface area (Å²) in [4.78, 5) is 39.7. The van der Waals surface area contributed by atoms with Crippen LogP contribution in [0.15, 0.2) is 66.1 Å². The largest absolute Gasteiger partial charge is 0.347 e. The molecule has 5 rings (SSSR count). The fourth-order valence-electron chi connectivity index (χ4n) is 3.87. The summed E-state index contributed by atoms with van der Waals surface area (Å²) >= 11 is 0. The van der Waals surface area contributed by atoms with Crippen molar-refractivity contribution < 1.29 is 4.79 Å². The van der Waals surface area contributed by atoms with Gasteiger partial charge in [0.2, 0.25) is 0 Å². The van der Waals surface area contributed by atoms with Crippen molar-refractivity contribution in [3.63, 3.8) is 0 Å². The molecule has 0 radical (unpaired) electrons. The van der Waals surface area contributed by atoms with E-state index in [2.05, 4.69) is 15.0 Å². The second-order valence-corrected chi connectivity index (χ2v) is 7.18. The predicted molar refractivity (Wildman–Crippen MR) is 109 cm³/mol. The molecule has 0 saturated heterocycles. The Kier molecular flexibility index (Phi) is 4.20. The van der Waals surface area contributed by atoms with Gasteiger partial charge in [0.1, 0.15) is 0 Å². The van der Waals surface area contributed by atoms with Gasteiger partial charge in [-0.1, -0.05) is 18.2 Å². The predicted octanol–water partition coefficient (Wildman–Crippen LogP) is 2.37. The zero-order chi connectivity index (χ0) is 19.8. The number of nitrogens with one attached hydrogen (secondary N) is 1. The first-order chi connectivity index (χ1) is 14.2. The smallest absolute Gasteiger partial charge is 0.258 e. The van der Waals surface area contributed by atoms with Crippen molar-refractivity contribution in [1.29, 1.82) is 0 Å². The molecule has 4 heterocycles. The molecule has 0 saturated carbocycles. The molecule has 0 atom stereocenters. The van der Waals surface area contributed by atoms with Crippen LogP contribution in [-0.2, 0) is 19.5 Å². The highest BCUT2D eigenvalue weighted by Gasteiger charge is 2.25. The fraction of sp³-hybridized carbons (Fsp3) is 0.182. The average molecular weight is 385 g/mol. The Morgan fingerprint density at radius 2 is 1.90 bits per heavy atom. The van der Waals surface area contributed by atoms with Gasteiger partial charge >= 0.3 is 0 Å². The van der Waals surface area contributed by atoms with Gasteiger partial charge in [-0.05, 0) is 23.8 Å². The summed E-state index contributed by atoms with van der Waals surface area (Å²) in [6, 6.07) is 11.0. The van der Waals surface area contributed by atoms with E-state index in [0.29, 0.717) is 36.0 Å². The van der Waals surface area contributed by atoms with Gasteiger partial charge in [0, 0.05) is 42.3 Å². The second kappa shape index (κ2) is 7.01. The molecule has 29 heavy (non-hydrogen) atoms. The Morgan fingerprint density at radius 1 is 1.10 bits per heavy atom. The highest BCUT2D eigenvalue weighted by Crippen LogP contribution is 2.22. The molecule has 3 aromatic heterocycles. The number of carbonyl (C=O) groups is 1. The third-order valence-corrected chi connectivity index (χ3v) is 5.39. The molecule has 144 valence electrons. The first-order valence-electron chi connectivity index (χ1n) is 9.52. The minimum Gasteiger partial charge on any atom is -0.347 e. The molecule has 0 fully saturated rings. The van der Waals surface area contributed by atoms with E-state index in [4.69, 9.17) is 0 Å². The summed E-state index contributed by atoms with van der Waals surface area (Å²) < 4.78 is 1.61. The number of imidazole rings is 1. The van der Waals surface area contributed by atoms with E-state index in [1.54, 1.807) is 35.6 Å². The fourth-order valence-corrected chi connectivity index (χ4v) is 3.87. The number of H-pyrrole nitrogens is 1. The maximum absolute atomic E-state index is 13.4. The van der Waals surface area contributed by atoms with Crippen molar-refractivity contribution >= 4 is 16.7 Å². The van der Waals surface area contributed by atoms with Gasteiger partial charge in [-0.25, -0.2) is 4.98 Å². The molecular formula is C22H19N5O2. The van der Waals surface area contributed by atoms with Gasteiger partial charge in [0.05, 0.1) is 36.4 Å². The standard InChI is InChI=1S/C22H19N5O2/c28-21-17-4-2-1-3-16(17)18(12-27(21)11-15-5-8-23-9-6-15)22(29)26-10-7-19-20(13-26)25-14-24-19/h1-6,8-9,12,14H,7,10-11,13H2,(H,24,25). The van der Waals surface area contributed by atoms with Crippen molar-refractivity contribution in [1.82, 2.24) is 24.4 Å². The van der Waals surface area contributed by atoms with Crippen LogP contribution in [-0.4, -0.2) is 36.9 Å². The summed E-state index contributed by atoms with van der Waals surface area (Å²) in [6.07, 6.45) is 7.48. The number of benzene rings is 1. The SMILES string of the molecule is O=C(c1cn(Cc2ccncc2)c(=O)c2ccccc12)N1CCc2nc[nH]c2C1. The van der Waals surface area contributed by atoms with Gasteiger partial charge in [-0.15, -0.1) is 0 Å². The molecule has 7 heteroatoms. The molecule has 1 aromatic carbocycles. The molecule has 1 aliphatic heterocycles. The Balaban J connectivity index is 1.58. The number of fused-ring (bicyclic) bond motifs is 2. The van der Waals surface area contributed by atoms with Crippen molar-refractivity contribution in [2.24, 2.45) is 0 Å². The minimum absolute atomic E-state index is 0.0788. The third-order valence-electron chi connectivity index (χ3n) is 5.39. The number of amides is 1. The molecule has 1 aliphatic rings. The molecule has 0 unspecified atom stereocenters. The van der Waals surface area contributed by atoms with Gasteiger partial charge in [0.25, 0.3) is 11.5 Å². The number of carbonyl (C=O) groups excluding carboxylic acids is 1. The average Bonchev–Trinajstić information content (AvgIpc) is 3.24. The van der Waals surface area contributed by atoms with Crippen molar-refractivity contribution in [2.45, 2.75) is 19.5 Å². The van der Waals surface area contributed by atoms with Crippen LogP contribution in [0.25, 0.3) is 10.8 Å². The van der Waals surface area contributed by atoms with Crippen LogP contribution in [0.3, 0.4) is 0 Å². The van der Waals surface area contributed by atoms with Crippen molar-refractivity contribution in [3.05, 3.63) is 94.2 Å². The van der Waals surface area contributed by atoms with Gasteiger partial charge in [-0.2, -0.15) is 0 Å². The van der Waals surface area contributed by atoms with E-state index in [0.717, 1.165) is 23.4 Å². The first kappa shape index (κ1) is 17.4. The Labute approximate surface area is 166 Å². The summed E-state index contributed by atoms with van der Waals surface area (Å²) in [5.41, 5.74) is 3.37. The maximum atomic E-state index is 13.4. The van der Waals surface area contributed by atoms with Crippen LogP contribution >= 0.6 is 0 Å². The normalized spacial score (nSPS) is 13.4. The zero-order valence-electron chi connectivity index (χ0n) is 15.7.